The van der Waals surface area contributed by atoms with Gasteiger partial charge in [0.2, 0.25) is 0 Å². The van der Waals surface area contributed by atoms with E-state index in [1.807, 2.05) is 38.1 Å². The maximum absolute atomic E-state index is 11.4. The van der Waals surface area contributed by atoms with Gasteiger partial charge in [0.15, 0.2) is 6.10 Å². The lowest BCUT2D eigenvalue weighted by Gasteiger charge is -2.18. The van der Waals surface area contributed by atoms with E-state index in [9.17, 15) is 10.1 Å². The average molecular weight is 280 g/mol. The summed E-state index contributed by atoms with van der Waals surface area (Å²) in [5.41, 5.74) is 0.859. The predicted octanol–water partition coefficient (Wildman–Crippen LogP) is 2.28. The Kier molecular flexibility index (Phi) is 4.25. The van der Waals surface area contributed by atoms with E-state index in [1.54, 1.807) is 19.2 Å². The summed E-state index contributed by atoms with van der Waals surface area (Å²) >= 11 is 0. The Morgan fingerprint density at radius 3 is 2.40 bits per heavy atom. The molecular weight excluding hydrogens is 260 g/mol. The molecule has 0 spiro atoms. The van der Waals surface area contributed by atoms with Crippen LogP contribution < -0.4 is 4.74 Å². The van der Waals surface area contributed by atoms with Gasteiger partial charge in [0.25, 0.3) is 6.04 Å². The van der Waals surface area contributed by atoms with Gasteiger partial charge < -0.3 is 4.74 Å². The highest BCUT2D eigenvalue weighted by molar-refractivity contribution is 5.30. The van der Waals surface area contributed by atoms with Crippen molar-refractivity contribution >= 4 is 0 Å². The fourth-order valence-corrected chi connectivity index (χ4v) is 2.67. The van der Waals surface area contributed by atoms with Crippen LogP contribution in [-0.2, 0) is 4.84 Å². The summed E-state index contributed by atoms with van der Waals surface area (Å²) in [4.78, 5) is 16.9. The first kappa shape index (κ1) is 14.7. The molecule has 1 aliphatic rings. The van der Waals surface area contributed by atoms with Crippen molar-refractivity contribution in [3.8, 4) is 5.75 Å². The molecule has 1 aromatic carbocycles. The molecule has 0 aromatic heterocycles. The quantitative estimate of drug-likeness (QED) is 0.625. The Bertz CT molecular complexity index is 475. The molecule has 2 rings (SSSR count). The molecule has 1 saturated heterocycles. The minimum Gasteiger partial charge on any atom is -0.497 e. The molecule has 0 amide bonds. The van der Waals surface area contributed by atoms with Gasteiger partial charge in [-0.05, 0) is 23.6 Å². The molecule has 0 saturated carbocycles. The second-order valence-electron chi connectivity index (χ2n) is 5.35. The highest BCUT2D eigenvalue weighted by Gasteiger charge is 2.51. The highest BCUT2D eigenvalue weighted by Crippen LogP contribution is 2.38. The topological polar surface area (TPSA) is 64.8 Å². The summed E-state index contributed by atoms with van der Waals surface area (Å²) < 4.78 is 5.11. The standard InChI is InChI=1S/C14H20N2O4/c1-9(2)14-13(16(17)18)12(15(3)20-14)10-5-7-11(19-4)8-6-10/h5-9,12-14H,1-4H3/t12-,13-,14+/m1/s1. The van der Waals surface area contributed by atoms with Gasteiger partial charge in [-0.15, -0.1) is 0 Å². The van der Waals surface area contributed by atoms with Crippen molar-refractivity contribution in [2.24, 2.45) is 5.92 Å². The minimum atomic E-state index is -0.770. The van der Waals surface area contributed by atoms with Gasteiger partial charge in [-0.1, -0.05) is 26.0 Å². The van der Waals surface area contributed by atoms with Crippen molar-refractivity contribution in [2.75, 3.05) is 14.2 Å². The second kappa shape index (κ2) is 5.76. The number of hydrogen-bond acceptors (Lipinski definition) is 5. The largest absolute Gasteiger partial charge is 0.497 e. The third kappa shape index (κ3) is 2.62. The zero-order valence-corrected chi connectivity index (χ0v) is 12.1. The maximum atomic E-state index is 11.4. The fourth-order valence-electron chi connectivity index (χ4n) is 2.67. The van der Waals surface area contributed by atoms with Gasteiger partial charge >= 0.3 is 0 Å². The molecule has 0 aliphatic carbocycles. The number of nitrogens with zero attached hydrogens (tertiary/aromatic N) is 2. The van der Waals surface area contributed by atoms with E-state index in [4.69, 9.17) is 9.57 Å². The van der Waals surface area contributed by atoms with Crippen molar-refractivity contribution < 1.29 is 14.5 Å². The summed E-state index contributed by atoms with van der Waals surface area (Å²) in [6.07, 6.45) is -0.415. The van der Waals surface area contributed by atoms with Crippen LogP contribution in [0.1, 0.15) is 25.5 Å². The van der Waals surface area contributed by atoms with E-state index in [-0.39, 0.29) is 16.9 Å². The summed E-state index contributed by atoms with van der Waals surface area (Å²) in [5, 5.41) is 13.0. The number of benzene rings is 1. The monoisotopic (exact) mass is 280 g/mol. The average Bonchev–Trinajstić information content (AvgIpc) is 2.77. The first-order valence-corrected chi connectivity index (χ1v) is 6.62. The number of rotatable bonds is 4. The Labute approximate surface area is 118 Å². The van der Waals surface area contributed by atoms with Crippen molar-refractivity contribution in [1.29, 1.82) is 0 Å². The molecular formula is C14H20N2O4. The molecule has 1 fully saturated rings. The summed E-state index contributed by atoms with van der Waals surface area (Å²) in [6.45, 7) is 3.87. The number of hydrogen-bond donors (Lipinski definition) is 0. The summed E-state index contributed by atoms with van der Waals surface area (Å²) in [5.74, 6) is 0.810. The van der Waals surface area contributed by atoms with Crippen molar-refractivity contribution in [1.82, 2.24) is 5.06 Å². The lowest BCUT2D eigenvalue weighted by Crippen LogP contribution is -2.37. The summed E-state index contributed by atoms with van der Waals surface area (Å²) in [6, 6.07) is 6.16. The summed E-state index contributed by atoms with van der Waals surface area (Å²) in [7, 11) is 3.34. The lowest BCUT2D eigenvalue weighted by atomic mass is 9.91. The number of nitro groups is 1. The van der Waals surface area contributed by atoms with Gasteiger partial charge in [-0.2, -0.15) is 5.06 Å². The van der Waals surface area contributed by atoms with Gasteiger partial charge in [-0.3, -0.25) is 15.0 Å². The van der Waals surface area contributed by atoms with Gasteiger partial charge in [0.1, 0.15) is 11.8 Å². The van der Waals surface area contributed by atoms with Crippen LogP contribution in [0.15, 0.2) is 24.3 Å². The molecule has 6 heteroatoms. The van der Waals surface area contributed by atoms with Crippen LogP contribution in [0.5, 0.6) is 5.75 Å². The Balaban J connectivity index is 2.34. The van der Waals surface area contributed by atoms with E-state index >= 15 is 0 Å². The normalized spacial score (nSPS) is 26.9. The maximum Gasteiger partial charge on any atom is 0.262 e. The zero-order chi connectivity index (χ0) is 14.9. The van der Waals surface area contributed by atoms with Crippen LogP contribution in [0.25, 0.3) is 0 Å². The Hall–Kier alpha value is -1.66. The first-order valence-electron chi connectivity index (χ1n) is 6.62. The molecule has 6 nitrogen and oxygen atoms in total. The molecule has 1 aromatic rings. The molecule has 0 unspecified atom stereocenters. The van der Waals surface area contributed by atoms with E-state index < -0.39 is 12.1 Å². The molecule has 1 heterocycles. The molecule has 0 bridgehead atoms. The van der Waals surface area contributed by atoms with Crippen LogP contribution in [0, 0.1) is 16.0 Å². The molecule has 20 heavy (non-hydrogen) atoms. The fraction of sp³-hybridized carbons (Fsp3) is 0.571. The van der Waals surface area contributed by atoms with Gasteiger partial charge in [0, 0.05) is 12.0 Å². The van der Waals surface area contributed by atoms with Crippen LogP contribution >= 0.6 is 0 Å². The third-order valence-electron chi connectivity index (χ3n) is 3.70. The molecule has 0 N–H and O–H groups in total. The Morgan fingerprint density at radius 1 is 1.35 bits per heavy atom. The van der Waals surface area contributed by atoms with Crippen molar-refractivity contribution in [3.05, 3.63) is 39.9 Å². The van der Waals surface area contributed by atoms with Crippen molar-refractivity contribution in [2.45, 2.75) is 32.0 Å². The number of ether oxygens (including phenoxy) is 1. The molecule has 3 atom stereocenters. The second-order valence-corrected chi connectivity index (χ2v) is 5.35. The third-order valence-corrected chi connectivity index (χ3v) is 3.70. The number of hydroxylamine groups is 2. The van der Waals surface area contributed by atoms with Crippen LogP contribution in [0.3, 0.4) is 0 Å². The highest BCUT2D eigenvalue weighted by atomic mass is 16.7. The molecule has 0 radical (unpaired) electrons. The lowest BCUT2D eigenvalue weighted by molar-refractivity contribution is -0.531. The molecule has 1 aliphatic heterocycles. The van der Waals surface area contributed by atoms with E-state index in [0.29, 0.717) is 0 Å². The van der Waals surface area contributed by atoms with Crippen molar-refractivity contribution in [3.63, 3.8) is 0 Å². The van der Waals surface area contributed by atoms with Crippen LogP contribution in [0.4, 0.5) is 0 Å². The smallest absolute Gasteiger partial charge is 0.262 e. The van der Waals surface area contributed by atoms with E-state index in [2.05, 4.69) is 0 Å². The van der Waals surface area contributed by atoms with E-state index in [0.717, 1.165) is 11.3 Å². The minimum absolute atomic E-state index is 0.0797. The van der Waals surface area contributed by atoms with Gasteiger partial charge in [0.05, 0.1) is 7.11 Å². The van der Waals surface area contributed by atoms with Crippen LogP contribution in [0.2, 0.25) is 0 Å². The number of likely N-dealkylation sites (N-methyl/N-ethyl adjacent to an activating group) is 1. The van der Waals surface area contributed by atoms with E-state index in [1.165, 1.54) is 0 Å². The number of methoxy groups -OCH3 is 1. The Morgan fingerprint density at radius 2 is 1.95 bits per heavy atom. The van der Waals surface area contributed by atoms with Gasteiger partial charge in [-0.25, -0.2) is 0 Å². The predicted molar refractivity (Wildman–Crippen MR) is 74.0 cm³/mol. The SMILES string of the molecule is COc1ccc([C@@H]2[C@@H]([N+](=O)[O-])[C@H](C(C)C)ON2C)cc1. The first-order chi connectivity index (χ1) is 9.45. The zero-order valence-electron chi connectivity index (χ0n) is 12.1. The van der Waals surface area contributed by atoms with Crippen LogP contribution in [-0.4, -0.2) is 36.3 Å². The molecule has 110 valence electrons.